The molecule has 0 N–H and O–H groups in total. The van der Waals surface area contributed by atoms with Crippen LogP contribution in [0.15, 0.2) is 30.3 Å². The van der Waals surface area contributed by atoms with Crippen molar-refractivity contribution in [1.82, 2.24) is 9.78 Å². The molecule has 0 aliphatic rings. The molecule has 0 spiro atoms. The summed E-state index contributed by atoms with van der Waals surface area (Å²) in [7, 11) is -6.05. The van der Waals surface area contributed by atoms with Crippen LogP contribution in [0, 0.1) is 5.82 Å². The van der Waals surface area contributed by atoms with Gasteiger partial charge in [-0.3, -0.25) is 0 Å². The first-order valence-corrected chi connectivity index (χ1v) is 8.00. The van der Waals surface area contributed by atoms with Crippen molar-refractivity contribution in [2.24, 2.45) is 0 Å². The Kier molecular flexibility index (Phi) is 5.02. The van der Waals surface area contributed by atoms with Crippen molar-refractivity contribution in [2.75, 3.05) is 6.61 Å². The van der Waals surface area contributed by atoms with E-state index in [0.717, 1.165) is 12.1 Å². The molecule has 0 saturated carbocycles. The van der Waals surface area contributed by atoms with Crippen molar-refractivity contribution in [3.8, 4) is 11.6 Å². The summed E-state index contributed by atoms with van der Waals surface area (Å²) in [4.78, 5) is 11.7. The third kappa shape index (κ3) is 3.90. The van der Waals surface area contributed by atoms with Gasteiger partial charge in [-0.2, -0.15) is 31.4 Å². The number of halogens is 4. The monoisotopic (exact) mass is 382 g/mol. The Hall–Kier alpha value is -2.63. The average molecular weight is 382 g/mol. The van der Waals surface area contributed by atoms with E-state index >= 15 is 0 Å². The van der Waals surface area contributed by atoms with Crippen LogP contribution in [0.4, 0.5) is 17.6 Å². The molecule has 0 aliphatic heterocycles. The van der Waals surface area contributed by atoms with Crippen molar-refractivity contribution in [3.63, 3.8) is 0 Å². The van der Waals surface area contributed by atoms with Crippen LogP contribution in [0.2, 0.25) is 0 Å². The summed E-state index contributed by atoms with van der Waals surface area (Å²) < 4.78 is 82.8. The lowest BCUT2D eigenvalue weighted by atomic mass is 10.3. The van der Waals surface area contributed by atoms with Crippen molar-refractivity contribution >= 4 is 16.1 Å². The van der Waals surface area contributed by atoms with Crippen LogP contribution >= 0.6 is 0 Å². The van der Waals surface area contributed by atoms with Crippen molar-refractivity contribution in [3.05, 3.63) is 41.8 Å². The minimum absolute atomic E-state index is 0.0670. The number of rotatable bonds is 5. The van der Waals surface area contributed by atoms with E-state index in [0.29, 0.717) is 10.7 Å². The van der Waals surface area contributed by atoms with Crippen molar-refractivity contribution < 1.29 is 39.7 Å². The van der Waals surface area contributed by atoms with Gasteiger partial charge in [0, 0.05) is 6.07 Å². The molecule has 1 heterocycles. The van der Waals surface area contributed by atoms with Crippen LogP contribution in [0.3, 0.4) is 0 Å². The van der Waals surface area contributed by atoms with Gasteiger partial charge in [0.15, 0.2) is 5.69 Å². The number of benzene rings is 1. The van der Waals surface area contributed by atoms with Gasteiger partial charge in [-0.05, 0) is 19.1 Å². The van der Waals surface area contributed by atoms with Crippen LogP contribution < -0.4 is 4.18 Å². The minimum Gasteiger partial charge on any atom is -0.461 e. The van der Waals surface area contributed by atoms with Crippen LogP contribution in [-0.2, 0) is 14.9 Å². The largest absolute Gasteiger partial charge is 0.534 e. The van der Waals surface area contributed by atoms with E-state index in [2.05, 4.69) is 14.0 Å². The number of carbonyl (C=O) groups is 1. The van der Waals surface area contributed by atoms with Gasteiger partial charge in [0.25, 0.3) is 0 Å². The second-order valence-corrected chi connectivity index (χ2v) is 5.97. The van der Waals surface area contributed by atoms with Gasteiger partial charge in [-0.25, -0.2) is 9.18 Å². The Labute approximate surface area is 138 Å². The molecule has 2 aromatic rings. The summed E-state index contributed by atoms with van der Waals surface area (Å²) in [6, 6.07) is 5.29. The molecule has 0 radical (unpaired) electrons. The number of nitrogens with zero attached hydrogens (tertiary/aromatic N) is 2. The van der Waals surface area contributed by atoms with Crippen LogP contribution in [0.1, 0.15) is 17.4 Å². The number of alkyl halides is 3. The SMILES string of the molecule is CCOC(=O)c1cc(OS(=O)(=O)C(F)(F)F)n(-c2ccccc2F)n1. The fourth-order valence-electron chi connectivity index (χ4n) is 1.68. The maximum absolute atomic E-state index is 13.9. The maximum Gasteiger partial charge on any atom is 0.534 e. The fraction of sp³-hybridized carbons (Fsp3) is 0.231. The van der Waals surface area contributed by atoms with Gasteiger partial charge >= 0.3 is 21.6 Å². The lowest BCUT2D eigenvalue weighted by Gasteiger charge is -2.11. The molecule has 0 fully saturated rings. The summed E-state index contributed by atoms with van der Waals surface area (Å²) in [5, 5.41) is 3.57. The molecular weight excluding hydrogens is 372 g/mol. The molecule has 0 saturated heterocycles. The number of ether oxygens (including phenoxy) is 1. The highest BCUT2D eigenvalue weighted by Crippen LogP contribution is 2.29. The molecule has 0 aliphatic carbocycles. The number of hydrogen-bond donors (Lipinski definition) is 0. The van der Waals surface area contributed by atoms with Gasteiger partial charge in [0.1, 0.15) is 11.5 Å². The zero-order valence-corrected chi connectivity index (χ0v) is 13.3. The Morgan fingerprint density at radius 3 is 2.48 bits per heavy atom. The number of aromatic nitrogens is 2. The first-order chi connectivity index (χ1) is 11.6. The van der Waals surface area contributed by atoms with Gasteiger partial charge in [-0.15, -0.1) is 0 Å². The van der Waals surface area contributed by atoms with Crippen LogP contribution in [-0.4, -0.2) is 36.3 Å². The molecule has 0 atom stereocenters. The predicted octanol–water partition coefficient (Wildman–Crippen LogP) is 2.42. The fourth-order valence-corrected chi connectivity index (χ4v) is 2.12. The van der Waals surface area contributed by atoms with Gasteiger partial charge in [-0.1, -0.05) is 12.1 Å². The highest BCUT2D eigenvalue weighted by Gasteiger charge is 2.49. The first-order valence-electron chi connectivity index (χ1n) is 6.59. The standard InChI is InChI=1S/C13H10F4N2O5S/c1-2-23-12(20)9-7-11(24-25(21,22)13(15,16)17)19(18-9)10-6-4-3-5-8(10)14/h3-7H,2H2,1H3. The first kappa shape index (κ1) is 18.7. The summed E-state index contributed by atoms with van der Waals surface area (Å²) in [6.07, 6.45) is 0. The van der Waals surface area contributed by atoms with Crippen LogP contribution in [0.25, 0.3) is 5.69 Å². The van der Waals surface area contributed by atoms with Crippen LogP contribution in [0.5, 0.6) is 5.88 Å². The molecule has 1 aromatic carbocycles. The minimum atomic E-state index is -6.05. The van der Waals surface area contributed by atoms with E-state index in [1.54, 1.807) is 0 Å². The van der Waals surface area contributed by atoms with E-state index < -0.39 is 44.7 Å². The molecule has 0 bridgehead atoms. The number of hydrogen-bond acceptors (Lipinski definition) is 6. The van der Waals surface area contributed by atoms with Crippen molar-refractivity contribution in [1.29, 1.82) is 0 Å². The Morgan fingerprint density at radius 1 is 1.28 bits per heavy atom. The van der Waals surface area contributed by atoms with E-state index in [4.69, 9.17) is 0 Å². The molecule has 2 rings (SSSR count). The molecule has 7 nitrogen and oxygen atoms in total. The highest BCUT2D eigenvalue weighted by molar-refractivity contribution is 7.87. The van der Waals surface area contributed by atoms with Gasteiger partial charge in [0.05, 0.1) is 6.61 Å². The Bertz CT molecular complexity index is 892. The topological polar surface area (TPSA) is 87.5 Å². The van der Waals surface area contributed by atoms with Crippen molar-refractivity contribution in [2.45, 2.75) is 12.4 Å². The highest BCUT2D eigenvalue weighted by atomic mass is 32.2. The Balaban J connectivity index is 2.58. The Morgan fingerprint density at radius 2 is 1.92 bits per heavy atom. The smallest absolute Gasteiger partial charge is 0.461 e. The van der Waals surface area contributed by atoms with E-state index in [1.807, 2.05) is 0 Å². The maximum atomic E-state index is 13.9. The average Bonchev–Trinajstić information content (AvgIpc) is 2.90. The number of esters is 1. The summed E-state index contributed by atoms with van der Waals surface area (Å²) in [5.74, 6) is -3.01. The quantitative estimate of drug-likeness (QED) is 0.342. The molecule has 25 heavy (non-hydrogen) atoms. The number of carbonyl (C=O) groups excluding carboxylic acids is 1. The molecular formula is C13H10F4N2O5S. The lowest BCUT2D eigenvalue weighted by molar-refractivity contribution is -0.0502. The molecule has 1 aromatic heterocycles. The molecule has 136 valence electrons. The van der Waals surface area contributed by atoms with E-state index in [9.17, 15) is 30.8 Å². The van der Waals surface area contributed by atoms with E-state index in [1.165, 1.54) is 19.1 Å². The summed E-state index contributed by atoms with van der Waals surface area (Å²) in [6.45, 7) is 1.40. The van der Waals surface area contributed by atoms with Gasteiger partial charge < -0.3 is 8.92 Å². The lowest BCUT2D eigenvalue weighted by Crippen LogP contribution is -2.28. The third-order valence-corrected chi connectivity index (χ3v) is 3.68. The zero-order chi connectivity index (χ0) is 18.8. The second kappa shape index (κ2) is 6.70. The van der Waals surface area contributed by atoms with Gasteiger partial charge in [0.2, 0.25) is 5.88 Å². The third-order valence-electron chi connectivity index (χ3n) is 2.72. The normalized spacial score (nSPS) is 12.0. The second-order valence-electron chi connectivity index (χ2n) is 4.43. The summed E-state index contributed by atoms with van der Waals surface area (Å²) in [5.41, 5.74) is -6.70. The number of para-hydroxylation sites is 1. The molecule has 0 unspecified atom stereocenters. The molecule has 0 amide bonds. The molecule has 12 heteroatoms. The predicted molar refractivity (Wildman–Crippen MR) is 75.1 cm³/mol. The zero-order valence-electron chi connectivity index (χ0n) is 12.4. The van der Waals surface area contributed by atoms with E-state index in [-0.39, 0.29) is 6.61 Å². The summed E-state index contributed by atoms with van der Waals surface area (Å²) >= 11 is 0.